The van der Waals surface area contributed by atoms with Crippen molar-refractivity contribution in [1.82, 2.24) is 15.3 Å². The van der Waals surface area contributed by atoms with Gasteiger partial charge < -0.3 is 15.3 Å². The first-order valence-electron chi connectivity index (χ1n) is 6.17. The standard InChI is InChI=1S/C12H16N4O3/c1-13-11(17)9-4-2-3-5-16(9)10-7-14-6-8(15-10)12(18)19/h6-7,9H,2-5H2,1H3,(H,13,17)(H,18,19). The Labute approximate surface area is 110 Å². The van der Waals surface area contributed by atoms with E-state index in [9.17, 15) is 9.59 Å². The van der Waals surface area contributed by atoms with E-state index in [2.05, 4.69) is 15.3 Å². The average Bonchev–Trinajstić information content (AvgIpc) is 2.46. The van der Waals surface area contributed by atoms with Gasteiger partial charge in [-0.1, -0.05) is 0 Å². The topological polar surface area (TPSA) is 95.4 Å². The number of amides is 1. The maximum absolute atomic E-state index is 11.9. The minimum atomic E-state index is -1.12. The van der Waals surface area contributed by atoms with Gasteiger partial charge in [0, 0.05) is 13.6 Å². The van der Waals surface area contributed by atoms with Gasteiger partial charge in [-0.3, -0.25) is 9.78 Å². The van der Waals surface area contributed by atoms with Gasteiger partial charge in [-0.25, -0.2) is 9.78 Å². The average molecular weight is 264 g/mol. The number of rotatable bonds is 3. The van der Waals surface area contributed by atoms with E-state index in [1.165, 1.54) is 12.4 Å². The van der Waals surface area contributed by atoms with E-state index in [0.29, 0.717) is 12.4 Å². The fraction of sp³-hybridized carbons (Fsp3) is 0.500. The van der Waals surface area contributed by atoms with Crippen LogP contribution in [0.2, 0.25) is 0 Å². The molecule has 1 saturated heterocycles. The molecule has 2 rings (SSSR count). The Balaban J connectivity index is 2.29. The SMILES string of the molecule is CNC(=O)C1CCCCN1c1cncc(C(=O)O)n1. The number of nitrogens with one attached hydrogen (secondary N) is 1. The maximum Gasteiger partial charge on any atom is 0.356 e. The molecule has 1 aromatic rings. The molecule has 1 aromatic heterocycles. The van der Waals surface area contributed by atoms with E-state index < -0.39 is 5.97 Å². The van der Waals surface area contributed by atoms with Crippen LogP contribution in [0, 0.1) is 0 Å². The lowest BCUT2D eigenvalue weighted by Gasteiger charge is -2.35. The minimum Gasteiger partial charge on any atom is -0.476 e. The van der Waals surface area contributed by atoms with Crippen molar-refractivity contribution in [2.75, 3.05) is 18.5 Å². The fourth-order valence-electron chi connectivity index (χ4n) is 2.24. The third kappa shape index (κ3) is 2.81. The number of likely N-dealkylation sites (N-methyl/N-ethyl adjacent to an activating group) is 1. The third-order valence-electron chi connectivity index (χ3n) is 3.19. The molecule has 0 aromatic carbocycles. The van der Waals surface area contributed by atoms with Gasteiger partial charge in [-0.2, -0.15) is 0 Å². The van der Waals surface area contributed by atoms with Gasteiger partial charge in [-0.15, -0.1) is 0 Å². The van der Waals surface area contributed by atoms with E-state index in [1.54, 1.807) is 7.05 Å². The number of carbonyl (C=O) groups is 2. The van der Waals surface area contributed by atoms with Crippen LogP contribution in [0.1, 0.15) is 29.8 Å². The summed E-state index contributed by atoms with van der Waals surface area (Å²) in [6, 6.07) is -0.308. The number of carbonyl (C=O) groups excluding carboxylic acids is 1. The molecule has 0 spiro atoms. The summed E-state index contributed by atoms with van der Waals surface area (Å²) >= 11 is 0. The second-order valence-corrected chi connectivity index (χ2v) is 4.39. The van der Waals surface area contributed by atoms with E-state index >= 15 is 0 Å². The van der Waals surface area contributed by atoms with Crippen LogP contribution in [0.4, 0.5) is 5.82 Å². The van der Waals surface area contributed by atoms with E-state index in [0.717, 1.165) is 19.3 Å². The molecule has 1 fully saturated rings. The largest absolute Gasteiger partial charge is 0.476 e. The van der Waals surface area contributed by atoms with Gasteiger partial charge in [0.2, 0.25) is 5.91 Å². The summed E-state index contributed by atoms with van der Waals surface area (Å²) in [6.07, 6.45) is 5.35. The first-order valence-corrected chi connectivity index (χ1v) is 6.17. The van der Waals surface area contributed by atoms with Gasteiger partial charge in [-0.05, 0) is 19.3 Å². The Bertz CT molecular complexity index is 492. The highest BCUT2D eigenvalue weighted by Gasteiger charge is 2.29. The highest BCUT2D eigenvalue weighted by atomic mass is 16.4. The molecule has 7 nitrogen and oxygen atoms in total. The smallest absolute Gasteiger partial charge is 0.356 e. The molecule has 0 saturated carbocycles. The lowest BCUT2D eigenvalue weighted by Crippen LogP contribution is -2.49. The van der Waals surface area contributed by atoms with Crippen LogP contribution in [0.3, 0.4) is 0 Å². The number of hydrogen-bond acceptors (Lipinski definition) is 5. The first kappa shape index (κ1) is 13.3. The molecule has 2 N–H and O–H groups in total. The second-order valence-electron chi connectivity index (χ2n) is 4.39. The molecule has 2 heterocycles. The van der Waals surface area contributed by atoms with Crippen LogP contribution in [-0.4, -0.2) is 46.6 Å². The Morgan fingerprint density at radius 1 is 1.42 bits per heavy atom. The summed E-state index contributed by atoms with van der Waals surface area (Å²) < 4.78 is 0. The van der Waals surface area contributed by atoms with Crippen LogP contribution in [-0.2, 0) is 4.79 Å². The summed E-state index contributed by atoms with van der Waals surface area (Å²) in [7, 11) is 1.59. The number of aromatic nitrogens is 2. The zero-order valence-corrected chi connectivity index (χ0v) is 10.7. The van der Waals surface area contributed by atoms with Gasteiger partial charge in [0.05, 0.1) is 12.4 Å². The first-order chi connectivity index (χ1) is 9.13. The van der Waals surface area contributed by atoms with E-state index in [4.69, 9.17) is 5.11 Å². The van der Waals surface area contributed by atoms with Crippen LogP contribution >= 0.6 is 0 Å². The molecule has 102 valence electrons. The number of hydrogen-bond donors (Lipinski definition) is 2. The van der Waals surface area contributed by atoms with E-state index in [1.807, 2.05) is 4.90 Å². The van der Waals surface area contributed by atoms with Crippen molar-refractivity contribution in [3.8, 4) is 0 Å². The van der Waals surface area contributed by atoms with Crippen LogP contribution in [0.15, 0.2) is 12.4 Å². The van der Waals surface area contributed by atoms with Crippen molar-refractivity contribution in [3.63, 3.8) is 0 Å². The Kier molecular flexibility index (Phi) is 3.94. The summed E-state index contributed by atoms with van der Waals surface area (Å²) in [6.45, 7) is 0.676. The molecule has 1 aliphatic heterocycles. The van der Waals surface area contributed by atoms with Crippen molar-refractivity contribution in [2.24, 2.45) is 0 Å². The Morgan fingerprint density at radius 3 is 2.89 bits per heavy atom. The molecule has 0 radical (unpaired) electrons. The number of anilines is 1. The summed E-state index contributed by atoms with van der Waals surface area (Å²) in [4.78, 5) is 32.5. The van der Waals surface area contributed by atoms with Crippen molar-refractivity contribution in [3.05, 3.63) is 18.1 Å². The third-order valence-corrected chi connectivity index (χ3v) is 3.19. The molecule has 0 bridgehead atoms. The molecular formula is C12H16N4O3. The van der Waals surface area contributed by atoms with Gasteiger partial charge in [0.25, 0.3) is 0 Å². The molecule has 19 heavy (non-hydrogen) atoms. The monoisotopic (exact) mass is 264 g/mol. The summed E-state index contributed by atoms with van der Waals surface area (Å²) in [5.41, 5.74) is -0.112. The molecule has 1 atom stereocenters. The fourth-order valence-corrected chi connectivity index (χ4v) is 2.24. The predicted octanol–water partition coefficient (Wildman–Crippen LogP) is 0.280. The predicted molar refractivity (Wildman–Crippen MR) is 68.0 cm³/mol. The lowest BCUT2D eigenvalue weighted by atomic mass is 10.0. The van der Waals surface area contributed by atoms with Crippen molar-refractivity contribution >= 4 is 17.7 Å². The van der Waals surface area contributed by atoms with Crippen LogP contribution < -0.4 is 10.2 Å². The number of aromatic carboxylic acids is 1. The summed E-state index contributed by atoms with van der Waals surface area (Å²) in [5.74, 6) is -0.765. The lowest BCUT2D eigenvalue weighted by molar-refractivity contribution is -0.122. The number of nitrogens with zero attached hydrogens (tertiary/aromatic N) is 3. The zero-order valence-electron chi connectivity index (χ0n) is 10.7. The molecule has 0 aliphatic carbocycles. The minimum absolute atomic E-state index is 0.0813. The Hall–Kier alpha value is -2.18. The molecule has 7 heteroatoms. The number of piperidine rings is 1. The summed E-state index contributed by atoms with van der Waals surface area (Å²) in [5, 5.41) is 11.6. The highest BCUT2D eigenvalue weighted by Crippen LogP contribution is 2.22. The highest BCUT2D eigenvalue weighted by molar-refractivity contribution is 5.86. The molecule has 1 amide bonds. The van der Waals surface area contributed by atoms with E-state index in [-0.39, 0.29) is 17.6 Å². The van der Waals surface area contributed by atoms with Crippen molar-refractivity contribution < 1.29 is 14.7 Å². The Morgan fingerprint density at radius 2 is 2.21 bits per heavy atom. The maximum atomic E-state index is 11.9. The van der Waals surface area contributed by atoms with Gasteiger partial charge in [0.1, 0.15) is 11.9 Å². The number of carboxylic acid groups (broad SMARTS) is 1. The quantitative estimate of drug-likeness (QED) is 0.814. The molecular weight excluding hydrogens is 248 g/mol. The van der Waals surface area contributed by atoms with Gasteiger partial charge >= 0.3 is 5.97 Å². The number of carboxylic acids is 1. The van der Waals surface area contributed by atoms with Crippen LogP contribution in [0.5, 0.6) is 0 Å². The van der Waals surface area contributed by atoms with Crippen LogP contribution in [0.25, 0.3) is 0 Å². The second kappa shape index (κ2) is 5.64. The molecule has 1 aliphatic rings. The van der Waals surface area contributed by atoms with Crippen molar-refractivity contribution in [1.29, 1.82) is 0 Å². The molecule has 1 unspecified atom stereocenters. The normalized spacial score (nSPS) is 19.0. The van der Waals surface area contributed by atoms with Crippen molar-refractivity contribution in [2.45, 2.75) is 25.3 Å². The zero-order chi connectivity index (χ0) is 13.8. The van der Waals surface area contributed by atoms with Gasteiger partial charge in [0.15, 0.2) is 5.69 Å².